The average Bonchev–Trinajstić information content (AvgIpc) is 3.29. The van der Waals surface area contributed by atoms with Crippen LogP contribution in [0.5, 0.6) is 5.75 Å². The molecule has 0 amide bonds. The molecule has 1 aliphatic rings. The maximum absolute atomic E-state index is 13.4. The van der Waals surface area contributed by atoms with E-state index in [0.717, 1.165) is 54.6 Å². The molecular weight excluding hydrogens is 423 g/mol. The summed E-state index contributed by atoms with van der Waals surface area (Å²) in [7, 11) is 1.62. The number of benzene rings is 2. The maximum Gasteiger partial charge on any atom is 0.253 e. The van der Waals surface area contributed by atoms with Gasteiger partial charge < -0.3 is 9.72 Å². The molecule has 9 heteroatoms. The van der Waals surface area contributed by atoms with Crippen molar-refractivity contribution in [1.82, 2.24) is 30.1 Å². The van der Waals surface area contributed by atoms with E-state index in [-0.39, 0.29) is 11.4 Å². The van der Waals surface area contributed by atoms with Crippen LogP contribution in [0.15, 0.2) is 53.3 Å². The Labute approximate surface area is 190 Å². The molecule has 4 aromatic rings. The molecule has 1 N–H and O–H groups in total. The highest BCUT2D eigenvalue weighted by Gasteiger charge is 2.31. The predicted octanol–water partition coefficient (Wildman–Crippen LogP) is 3.29. The molecule has 2 aromatic carbocycles. The van der Waals surface area contributed by atoms with Crippen LogP contribution < -0.4 is 10.3 Å². The monoisotopic (exact) mass is 448 g/mol. The van der Waals surface area contributed by atoms with Gasteiger partial charge in [0.15, 0.2) is 5.82 Å². The van der Waals surface area contributed by atoms with Gasteiger partial charge in [-0.2, -0.15) is 0 Å². The lowest BCUT2D eigenvalue weighted by molar-refractivity contribution is 0.177. The minimum Gasteiger partial charge on any atom is -0.497 e. The Morgan fingerprint density at radius 3 is 2.64 bits per heavy atom. The van der Waals surface area contributed by atoms with Gasteiger partial charge in [0.25, 0.3) is 5.56 Å². The van der Waals surface area contributed by atoms with Crippen LogP contribution in [-0.4, -0.2) is 50.3 Å². The number of methoxy groups -OCH3 is 1. The number of nitrogens with zero attached hydrogens (tertiary/aromatic N) is 5. The van der Waals surface area contributed by atoms with Crippen LogP contribution in [0, 0.1) is 5.82 Å². The highest BCUT2D eigenvalue weighted by Crippen LogP contribution is 2.30. The Morgan fingerprint density at radius 1 is 1.09 bits per heavy atom. The van der Waals surface area contributed by atoms with Crippen LogP contribution in [0.4, 0.5) is 4.39 Å². The number of hydrogen-bond donors (Lipinski definition) is 1. The maximum atomic E-state index is 13.4. The van der Waals surface area contributed by atoms with E-state index >= 15 is 0 Å². The molecule has 0 spiro atoms. The van der Waals surface area contributed by atoms with Crippen LogP contribution in [0.25, 0.3) is 10.9 Å². The van der Waals surface area contributed by atoms with Crippen molar-refractivity contribution in [3.8, 4) is 5.75 Å². The number of aromatic nitrogens is 5. The lowest BCUT2D eigenvalue weighted by Gasteiger charge is -2.33. The van der Waals surface area contributed by atoms with E-state index in [0.29, 0.717) is 17.9 Å². The fourth-order valence-corrected chi connectivity index (χ4v) is 4.49. The standard InChI is InChI=1S/C24H25FN6O2/c1-33-19-9-10-21-17(13-19)14-20(24(32)26-21)22(30-11-3-2-4-12-30)23-27-28-29-31(23)15-16-5-7-18(25)8-6-16/h5-10,13-14,22H,2-4,11-12,15H2,1H3,(H,26,32). The number of piperidine rings is 1. The molecule has 0 bridgehead atoms. The smallest absolute Gasteiger partial charge is 0.253 e. The summed E-state index contributed by atoms with van der Waals surface area (Å²) in [6, 6.07) is 13.3. The Morgan fingerprint density at radius 2 is 1.88 bits per heavy atom. The summed E-state index contributed by atoms with van der Waals surface area (Å²) in [5.74, 6) is 1.02. The molecule has 33 heavy (non-hydrogen) atoms. The van der Waals surface area contributed by atoms with Crippen molar-refractivity contribution in [1.29, 1.82) is 0 Å². The Hall–Kier alpha value is -3.59. The summed E-state index contributed by atoms with van der Waals surface area (Å²) < 4.78 is 20.4. The van der Waals surface area contributed by atoms with Gasteiger partial charge in [-0.05, 0) is 78.3 Å². The largest absolute Gasteiger partial charge is 0.497 e. The molecular formula is C24H25FN6O2. The van der Waals surface area contributed by atoms with Gasteiger partial charge in [-0.15, -0.1) is 5.10 Å². The number of tetrazole rings is 1. The van der Waals surface area contributed by atoms with Crippen molar-refractivity contribution in [3.05, 3.63) is 81.7 Å². The normalized spacial score (nSPS) is 15.6. The molecule has 2 aromatic heterocycles. The second-order valence-electron chi connectivity index (χ2n) is 8.33. The van der Waals surface area contributed by atoms with Gasteiger partial charge in [-0.25, -0.2) is 9.07 Å². The van der Waals surface area contributed by atoms with Crippen molar-refractivity contribution in [2.24, 2.45) is 0 Å². The molecule has 0 saturated carbocycles. The number of pyridine rings is 1. The Balaban J connectivity index is 1.61. The SMILES string of the molecule is COc1ccc2[nH]c(=O)c(C(c3nnnn3Cc3ccc(F)cc3)N3CCCCC3)cc2c1. The second kappa shape index (κ2) is 9.11. The fraction of sp³-hybridized carbons (Fsp3) is 0.333. The van der Waals surface area contributed by atoms with E-state index in [4.69, 9.17) is 4.74 Å². The third kappa shape index (κ3) is 4.36. The molecule has 5 rings (SSSR count). The second-order valence-corrected chi connectivity index (χ2v) is 8.33. The molecule has 170 valence electrons. The number of likely N-dealkylation sites (tertiary alicyclic amines) is 1. The number of H-pyrrole nitrogens is 1. The van der Waals surface area contributed by atoms with Gasteiger partial charge >= 0.3 is 0 Å². The van der Waals surface area contributed by atoms with Gasteiger partial charge in [0, 0.05) is 16.5 Å². The molecule has 0 radical (unpaired) electrons. The number of ether oxygens (including phenoxy) is 1. The quantitative estimate of drug-likeness (QED) is 0.487. The molecule has 3 heterocycles. The highest BCUT2D eigenvalue weighted by molar-refractivity contribution is 5.80. The molecule has 1 unspecified atom stereocenters. The number of fused-ring (bicyclic) bond motifs is 1. The first kappa shape index (κ1) is 21.3. The third-order valence-corrected chi connectivity index (χ3v) is 6.18. The summed E-state index contributed by atoms with van der Waals surface area (Å²) >= 11 is 0. The van der Waals surface area contributed by atoms with Gasteiger partial charge in [0.2, 0.25) is 0 Å². The molecule has 1 fully saturated rings. The number of halogens is 1. The van der Waals surface area contributed by atoms with Crippen molar-refractivity contribution in [2.75, 3.05) is 20.2 Å². The van der Waals surface area contributed by atoms with Crippen LogP contribution in [0.1, 0.15) is 42.3 Å². The number of hydrogen-bond acceptors (Lipinski definition) is 6. The zero-order chi connectivity index (χ0) is 22.8. The van der Waals surface area contributed by atoms with Crippen LogP contribution in [-0.2, 0) is 6.54 Å². The van der Waals surface area contributed by atoms with Gasteiger partial charge in [0.1, 0.15) is 17.6 Å². The molecule has 1 atom stereocenters. The summed E-state index contributed by atoms with van der Waals surface area (Å²) in [6.45, 7) is 2.08. The first-order valence-electron chi connectivity index (χ1n) is 11.1. The summed E-state index contributed by atoms with van der Waals surface area (Å²) in [6.07, 6.45) is 3.26. The third-order valence-electron chi connectivity index (χ3n) is 6.18. The van der Waals surface area contributed by atoms with Gasteiger partial charge in [-0.1, -0.05) is 18.6 Å². The van der Waals surface area contributed by atoms with Crippen LogP contribution >= 0.6 is 0 Å². The zero-order valence-electron chi connectivity index (χ0n) is 18.4. The minimum absolute atomic E-state index is 0.167. The lowest BCUT2D eigenvalue weighted by Crippen LogP contribution is -2.38. The molecule has 1 saturated heterocycles. The average molecular weight is 449 g/mol. The fourth-order valence-electron chi connectivity index (χ4n) is 4.49. The van der Waals surface area contributed by atoms with Crippen molar-refractivity contribution in [3.63, 3.8) is 0 Å². The van der Waals surface area contributed by atoms with E-state index < -0.39 is 6.04 Å². The van der Waals surface area contributed by atoms with E-state index in [9.17, 15) is 9.18 Å². The topological polar surface area (TPSA) is 88.9 Å². The van der Waals surface area contributed by atoms with Crippen molar-refractivity contribution >= 4 is 10.9 Å². The summed E-state index contributed by atoms with van der Waals surface area (Å²) in [5, 5.41) is 13.3. The van der Waals surface area contributed by atoms with Crippen molar-refractivity contribution < 1.29 is 9.13 Å². The molecule has 8 nitrogen and oxygen atoms in total. The van der Waals surface area contributed by atoms with Crippen LogP contribution in [0.3, 0.4) is 0 Å². The summed E-state index contributed by atoms with van der Waals surface area (Å²) in [5.41, 5.74) is 2.04. The predicted molar refractivity (Wildman–Crippen MR) is 122 cm³/mol. The minimum atomic E-state index is -0.403. The first-order valence-corrected chi connectivity index (χ1v) is 11.1. The Bertz CT molecular complexity index is 1310. The summed E-state index contributed by atoms with van der Waals surface area (Å²) in [4.78, 5) is 18.5. The van der Waals surface area contributed by atoms with E-state index in [1.165, 1.54) is 12.1 Å². The number of nitrogens with one attached hydrogen (secondary N) is 1. The van der Waals surface area contributed by atoms with Crippen LogP contribution in [0.2, 0.25) is 0 Å². The highest BCUT2D eigenvalue weighted by atomic mass is 19.1. The van der Waals surface area contributed by atoms with E-state index in [1.54, 1.807) is 23.9 Å². The first-order chi connectivity index (χ1) is 16.1. The lowest BCUT2D eigenvalue weighted by atomic mass is 10.0. The number of rotatable bonds is 6. The molecule has 1 aliphatic heterocycles. The van der Waals surface area contributed by atoms with Gasteiger partial charge in [0.05, 0.1) is 13.7 Å². The number of aromatic amines is 1. The van der Waals surface area contributed by atoms with E-state index in [2.05, 4.69) is 25.4 Å². The van der Waals surface area contributed by atoms with E-state index in [1.807, 2.05) is 24.3 Å². The molecule has 0 aliphatic carbocycles. The Kier molecular flexibility index (Phi) is 5.87. The zero-order valence-corrected chi connectivity index (χ0v) is 18.4. The van der Waals surface area contributed by atoms with Gasteiger partial charge in [-0.3, -0.25) is 9.69 Å². The van der Waals surface area contributed by atoms with Crippen molar-refractivity contribution in [2.45, 2.75) is 31.8 Å².